The lowest BCUT2D eigenvalue weighted by Crippen LogP contribution is -2.32. The lowest BCUT2D eigenvalue weighted by Gasteiger charge is -2.11. The molecule has 1 amide bonds. The van der Waals surface area contributed by atoms with Crippen LogP contribution in [0.5, 0.6) is 0 Å². The third kappa shape index (κ3) is 5.85. The van der Waals surface area contributed by atoms with Crippen LogP contribution in [0.15, 0.2) is 0 Å². The zero-order valence-electron chi connectivity index (χ0n) is 7.26. The van der Waals surface area contributed by atoms with Crippen molar-refractivity contribution in [2.45, 2.75) is 39.2 Å². The second-order valence-electron chi connectivity index (χ2n) is 2.73. The minimum Gasteiger partial charge on any atom is -0.396 e. The lowest BCUT2D eigenvalue weighted by molar-refractivity contribution is -0.121. The van der Waals surface area contributed by atoms with Crippen molar-refractivity contribution in [3.8, 4) is 0 Å². The van der Waals surface area contributed by atoms with E-state index >= 15 is 0 Å². The minimum atomic E-state index is 0.0773. The fourth-order valence-corrected chi connectivity index (χ4v) is 0.840. The number of amides is 1. The van der Waals surface area contributed by atoms with Gasteiger partial charge in [-0.3, -0.25) is 4.79 Å². The molecule has 0 bridgehead atoms. The molecule has 0 aliphatic rings. The van der Waals surface area contributed by atoms with Crippen LogP contribution < -0.4 is 5.32 Å². The Labute approximate surface area is 67.8 Å². The first-order valence-corrected chi connectivity index (χ1v) is 4.11. The normalized spacial score (nSPS) is 12.6. The molecule has 0 aromatic rings. The summed E-state index contributed by atoms with van der Waals surface area (Å²) in [5.41, 5.74) is 0. The quantitative estimate of drug-likeness (QED) is 0.619. The molecule has 3 heteroatoms. The Kier molecular flexibility index (Phi) is 5.84. The molecule has 2 N–H and O–H groups in total. The number of aliphatic hydroxyl groups excluding tert-OH is 1. The van der Waals surface area contributed by atoms with Crippen LogP contribution in [0.3, 0.4) is 0 Å². The summed E-state index contributed by atoms with van der Waals surface area (Å²) >= 11 is 0. The average Bonchev–Trinajstić information content (AvgIpc) is 1.87. The summed E-state index contributed by atoms with van der Waals surface area (Å²) in [6.07, 6.45) is 2.09. The van der Waals surface area contributed by atoms with Crippen molar-refractivity contribution < 1.29 is 9.90 Å². The predicted octanol–water partition coefficient (Wildman–Crippen LogP) is 0.674. The number of hydrogen-bond acceptors (Lipinski definition) is 2. The van der Waals surface area contributed by atoms with E-state index in [1.54, 1.807) is 0 Å². The molecule has 0 fully saturated rings. The molecule has 0 saturated carbocycles. The van der Waals surface area contributed by atoms with E-state index in [1.807, 2.05) is 13.8 Å². The molecule has 0 radical (unpaired) electrons. The van der Waals surface area contributed by atoms with Gasteiger partial charge in [-0.25, -0.2) is 0 Å². The molecule has 0 aliphatic heterocycles. The van der Waals surface area contributed by atoms with Gasteiger partial charge < -0.3 is 10.4 Å². The Hall–Kier alpha value is -0.570. The number of nitrogens with one attached hydrogen (secondary N) is 1. The van der Waals surface area contributed by atoms with E-state index in [4.69, 9.17) is 5.11 Å². The third-order valence-corrected chi connectivity index (χ3v) is 1.45. The van der Waals surface area contributed by atoms with Crippen molar-refractivity contribution in [1.82, 2.24) is 5.32 Å². The van der Waals surface area contributed by atoms with Gasteiger partial charge in [-0.05, 0) is 19.8 Å². The van der Waals surface area contributed by atoms with Gasteiger partial charge in [-0.15, -0.1) is 0 Å². The van der Waals surface area contributed by atoms with Crippen LogP contribution in [0.2, 0.25) is 0 Å². The fourth-order valence-electron chi connectivity index (χ4n) is 0.840. The maximum absolute atomic E-state index is 10.9. The molecule has 0 heterocycles. The van der Waals surface area contributed by atoms with Crippen LogP contribution >= 0.6 is 0 Å². The SMILES string of the molecule is CCCC(=O)NC(C)CCO. The van der Waals surface area contributed by atoms with E-state index in [9.17, 15) is 4.79 Å². The summed E-state index contributed by atoms with van der Waals surface area (Å²) < 4.78 is 0. The molecule has 0 aliphatic carbocycles. The second kappa shape index (κ2) is 6.16. The van der Waals surface area contributed by atoms with Gasteiger partial charge in [0.15, 0.2) is 0 Å². The highest BCUT2D eigenvalue weighted by molar-refractivity contribution is 5.76. The highest BCUT2D eigenvalue weighted by Gasteiger charge is 2.04. The monoisotopic (exact) mass is 159 g/mol. The third-order valence-electron chi connectivity index (χ3n) is 1.45. The average molecular weight is 159 g/mol. The molecular formula is C8H17NO2. The first-order chi connectivity index (χ1) is 5.20. The van der Waals surface area contributed by atoms with E-state index in [-0.39, 0.29) is 18.6 Å². The molecule has 3 nitrogen and oxygen atoms in total. The maximum atomic E-state index is 10.9. The van der Waals surface area contributed by atoms with E-state index < -0.39 is 0 Å². The van der Waals surface area contributed by atoms with Gasteiger partial charge in [0.25, 0.3) is 0 Å². The van der Waals surface area contributed by atoms with Crippen molar-refractivity contribution in [2.75, 3.05) is 6.61 Å². The number of rotatable bonds is 5. The van der Waals surface area contributed by atoms with Crippen molar-refractivity contribution in [3.05, 3.63) is 0 Å². The Bertz CT molecular complexity index is 115. The molecule has 1 atom stereocenters. The van der Waals surface area contributed by atoms with Crippen LogP contribution in [0.25, 0.3) is 0 Å². The number of carbonyl (C=O) groups excluding carboxylic acids is 1. The molecule has 0 spiro atoms. The zero-order valence-corrected chi connectivity index (χ0v) is 7.26. The highest BCUT2D eigenvalue weighted by atomic mass is 16.3. The fraction of sp³-hybridized carbons (Fsp3) is 0.875. The van der Waals surface area contributed by atoms with Crippen LogP contribution in [0.4, 0.5) is 0 Å². The summed E-state index contributed by atoms with van der Waals surface area (Å²) in [6.45, 7) is 3.99. The van der Waals surface area contributed by atoms with Crippen LogP contribution in [0.1, 0.15) is 33.1 Å². The molecule has 66 valence electrons. The number of hydrogen-bond donors (Lipinski definition) is 2. The van der Waals surface area contributed by atoms with Gasteiger partial charge in [-0.2, -0.15) is 0 Å². The molecular weight excluding hydrogens is 142 g/mol. The van der Waals surface area contributed by atoms with Gasteiger partial charge in [0, 0.05) is 19.1 Å². The first kappa shape index (κ1) is 10.4. The largest absolute Gasteiger partial charge is 0.396 e. The van der Waals surface area contributed by atoms with Gasteiger partial charge in [0.2, 0.25) is 5.91 Å². The minimum absolute atomic E-state index is 0.0773. The summed E-state index contributed by atoms with van der Waals surface area (Å²) in [5.74, 6) is 0.0773. The lowest BCUT2D eigenvalue weighted by atomic mass is 10.2. The predicted molar refractivity (Wildman–Crippen MR) is 44.2 cm³/mol. The van der Waals surface area contributed by atoms with Crippen LogP contribution in [-0.4, -0.2) is 23.7 Å². The van der Waals surface area contributed by atoms with Crippen molar-refractivity contribution >= 4 is 5.91 Å². The zero-order chi connectivity index (χ0) is 8.69. The molecule has 0 aromatic carbocycles. The summed E-state index contributed by atoms with van der Waals surface area (Å²) in [5, 5.41) is 11.3. The topological polar surface area (TPSA) is 49.3 Å². The van der Waals surface area contributed by atoms with Crippen LogP contribution in [-0.2, 0) is 4.79 Å². The molecule has 0 saturated heterocycles. The Balaban J connectivity index is 3.40. The first-order valence-electron chi connectivity index (χ1n) is 4.11. The highest BCUT2D eigenvalue weighted by Crippen LogP contribution is 1.91. The van der Waals surface area contributed by atoms with Crippen molar-refractivity contribution in [3.63, 3.8) is 0 Å². The van der Waals surface area contributed by atoms with E-state index in [1.165, 1.54) is 0 Å². The maximum Gasteiger partial charge on any atom is 0.220 e. The van der Waals surface area contributed by atoms with E-state index in [0.717, 1.165) is 6.42 Å². The Morgan fingerprint density at radius 3 is 2.73 bits per heavy atom. The van der Waals surface area contributed by atoms with Crippen molar-refractivity contribution in [1.29, 1.82) is 0 Å². The Morgan fingerprint density at radius 2 is 2.27 bits per heavy atom. The van der Waals surface area contributed by atoms with Gasteiger partial charge >= 0.3 is 0 Å². The molecule has 0 aromatic heterocycles. The van der Waals surface area contributed by atoms with Crippen molar-refractivity contribution in [2.24, 2.45) is 0 Å². The smallest absolute Gasteiger partial charge is 0.220 e. The summed E-state index contributed by atoms with van der Waals surface area (Å²) in [6, 6.07) is 0.0963. The van der Waals surface area contributed by atoms with Gasteiger partial charge in [-0.1, -0.05) is 6.92 Å². The van der Waals surface area contributed by atoms with Gasteiger partial charge in [0.05, 0.1) is 0 Å². The summed E-state index contributed by atoms with van der Waals surface area (Å²) in [7, 11) is 0. The second-order valence-corrected chi connectivity index (χ2v) is 2.73. The van der Waals surface area contributed by atoms with E-state index in [2.05, 4.69) is 5.32 Å². The van der Waals surface area contributed by atoms with E-state index in [0.29, 0.717) is 12.8 Å². The molecule has 11 heavy (non-hydrogen) atoms. The molecule has 0 rings (SSSR count). The number of aliphatic hydroxyl groups is 1. The van der Waals surface area contributed by atoms with Gasteiger partial charge in [0.1, 0.15) is 0 Å². The molecule has 1 unspecified atom stereocenters. The van der Waals surface area contributed by atoms with Crippen LogP contribution in [0, 0.1) is 0 Å². The summed E-state index contributed by atoms with van der Waals surface area (Å²) in [4.78, 5) is 10.9. The Morgan fingerprint density at radius 1 is 1.64 bits per heavy atom. The number of carbonyl (C=O) groups is 1. The standard InChI is InChI=1S/C8H17NO2/c1-3-4-8(11)9-7(2)5-6-10/h7,10H,3-6H2,1-2H3,(H,9,11).